The van der Waals surface area contributed by atoms with E-state index in [9.17, 15) is 9.59 Å². The van der Waals surface area contributed by atoms with Crippen molar-refractivity contribution in [2.24, 2.45) is 0 Å². The smallest absolute Gasteiger partial charge is 0.251 e. The lowest BCUT2D eigenvalue weighted by Crippen LogP contribution is -2.35. The van der Waals surface area contributed by atoms with Crippen LogP contribution in [-0.4, -0.2) is 31.6 Å². The number of amides is 2. The Labute approximate surface area is 189 Å². The van der Waals surface area contributed by atoms with Gasteiger partial charge in [0.05, 0.1) is 13.2 Å². The van der Waals surface area contributed by atoms with Crippen molar-refractivity contribution in [2.45, 2.75) is 51.2 Å². The van der Waals surface area contributed by atoms with Crippen LogP contribution in [-0.2, 0) is 17.8 Å². The average Bonchev–Trinajstić information content (AvgIpc) is 3.35. The molecule has 1 saturated carbocycles. The molecule has 1 aliphatic heterocycles. The number of anilines is 1. The van der Waals surface area contributed by atoms with E-state index >= 15 is 0 Å². The number of hydrogen-bond donors (Lipinski definition) is 1. The topological polar surface area (TPSA) is 67.9 Å². The Morgan fingerprint density at radius 2 is 1.97 bits per heavy atom. The molecule has 32 heavy (non-hydrogen) atoms. The Kier molecular flexibility index (Phi) is 6.78. The van der Waals surface area contributed by atoms with Crippen molar-refractivity contribution >= 4 is 17.5 Å². The van der Waals surface area contributed by atoms with E-state index in [1.807, 2.05) is 36.4 Å². The molecule has 6 nitrogen and oxygen atoms in total. The summed E-state index contributed by atoms with van der Waals surface area (Å²) in [7, 11) is 1.63. The van der Waals surface area contributed by atoms with Crippen molar-refractivity contribution < 1.29 is 19.1 Å². The summed E-state index contributed by atoms with van der Waals surface area (Å²) in [5.74, 6) is 1.13. The van der Waals surface area contributed by atoms with E-state index in [4.69, 9.17) is 9.47 Å². The highest BCUT2D eigenvalue weighted by Crippen LogP contribution is 2.33. The van der Waals surface area contributed by atoms with E-state index < -0.39 is 0 Å². The third kappa shape index (κ3) is 4.64. The standard InChI is InChI=1S/C26H30N2O4/c1-3-25(29)28-15-7-11-20-21(10-6-12-22(20)28)26(30)27-17-18-13-14-23(24(16-18)31-2)32-19-8-4-5-9-19/h3,6,10,12-14,16,19H,1,4-5,7-9,11,15,17H2,2H3,(H,27,30). The number of fused-ring (bicyclic) bond motifs is 1. The normalized spacial score (nSPS) is 15.7. The monoisotopic (exact) mass is 434 g/mol. The van der Waals surface area contributed by atoms with E-state index in [1.54, 1.807) is 12.0 Å². The van der Waals surface area contributed by atoms with E-state index in [1.165, 1.54) is 18.9 Å². The summed E-state index contributed by atoms with van der Waals surface area (Å²) < 4.78 is 11.6. The summed E-state index contributed by atoms with van der Waals surface area (Å²) in [5, 5.41) is 3.01. The highest BCUT2D eigenvalue weighted by atomic mass is 16.5. The largest absolute Gasteiger partial charge is 0.493 e. The summed E-state index contributed by atoms with van der Waals surface area (Å²) in [5.41, 5.74) is 3.24. The summed E-state index contributed by atoms with van der Waals surface area (Å²) >= 11 is 0. The Morgan fingerprint density at radius 3 is 2.72 bits per heavy atom. The van der Waals surface area contributed by atoms with E-state index in [-0.39, 0.29) is 17.9 Å². The predicted octanol–water partition coefficient (Wildman–Crippen LogP) is 4.41. The molecule has 168 valence electrons. The van der Waals surface area contributed by atoms with Gasteiger partial charge in [-0.05, 0) is 80.0 Å². The fourth-order valence-corrected chi connectivity index (χ4v) is 4.56. The molecule has 1 heterocycles. The summed E-state index contributed by atoms with van der Waals surface area (Å²) in [4.78, 5) is 26.9. The van der Waals surface area contributed by atoms with Crippen molar-refractivity contribution in [3.8, 4) is 11.5 Å². The maximum atomic E-state index is 13.0. The van der Waals surface area contributed by atoms with Crippen molar-refractivity contribution in [3.05, 3.63) is 65.7 Å². The Hall–Kier alpha value is -3.28. The molecule has 0 atom stereocenters. The van der Waals surface area contributed by atoms with Gasteiger partial charge in [0.1, 0.15) is 0 Å². The van der Waals surface area contributed by atoms with Crippen molar-refractivity contribution in [1.29, 1.82) is 0 Å². The second kappa shape index (κ2) is 9.90. The lowest BCUT2D eigenvalue weighted by atomic mass is 9.95. The molecule has 0 spiro atoms. The van der Waals surface area contributed by atoms with Crippen LogP contribution < -0.4 is 19.7 Å². The lowest BCUT2D eigenvalue weighted by Gasteiger charge is -2.29. The second-order valence-corrected chi connectivity index (χ2v) is 8.29. The van der Waals surface area contributed by atoms with Crippen molar-refractivity contribution in [3.63, 3.8) is 0 Å². The molecule has 0 aromatic heterocycles. The second-order valence-electron chi connectivity index (χ2n) is 8.29. The van der Waals surface area contributed by atoms with Crippen LogP contribution in [0, 0.1) is 0 Å². The Morgan fingerprint density at radius 1 is 1.16 bits per heavy atom. The number of hydrogen-bond acceptors (Lipinski definition) is 4. The first-order valence-corrected chi connectivity index (χ1v) is 11.3. The van der Waals surface area contributed by atoms with Crippen LogP contribution >= 0.6 is 0 Å². The molecule has 0 radical (unpaired) electrons. The van der Waals surface area contributed by atoms with Crippen LogP contribution in [0.15, 0.2) is 49.1 Å². The number of methoxy groups -OCH3 is 1. The van der Waals surface area contributed by atoms with Gasteiger partial charge >= 0.3 is 0 Å². The maximum absolute atomic E-state index is 13.0. The van der Waals surface area contributed by atoms with Crippen LogP contribution in [0.25, 0.3) is 0 Å². The number of rotatable bonds is 7. The van der Waals surface area contributed by atoms with Gasteiger partial charge in [-0.3, -0.25) is 9.59 Å². The highest BCUT2D eigenvalue weighted by molar-refractivity contribution is 6.04. The van der Waals surface area contributed by atoms with E-state index in [2.05, 4.69) is 11.9 Å². The zero-order chi connectivity index (χ0) is 22.5. The van der Waals surface area contributed by atoms with Gasteiger partial charge < -0.3 is 19.7 Å². The first-order valence-electron chi connectivity index (χ1n) is 11.3. The van der Waals surface area contributed by atoms with Gasteiger partial charge in [0.25, 0.3) is 5.91 Å². The molecule has 4 rings (SSSR count). The van der Waals surface area contributed by atoms with Gasteiger partial charge in [-0.25, -0.2) is 0 Å². The highest BCUT2D eigenvalue weighted by Gasteiger charge is 2.25. The molecule has 0 unspecified atom stereocenters. The SMILES string of the molecule is C=CC(=O)N1CCCc2c(C(=O)NCc3ccc(OC4CCCC4)c(OC)c3)cccc21. The van der Waals surface area contributed by atoms with Gasteiger partial charge in [0.2, 0.25) is 5.91 Å². The number of nitrogens with one attached hydrogen (secondary N) is 1. The zero-order valence-corrected chi connectivity index (χ0v) is 18.6. The minimum Gasteiger partial charge on any atom is -0.493 e. The van der Waals surface area contributed by atoms with Crippen molar-refractivity contribution in [2.75, 3.05) is 18.6 Å². The van der Waals surface area contributed by atoms with Gasteiger partial charge in [0, 0.05) is 24.3 Å². The molecule has 2 amide bonds. The molecule has 1 fully saturated rings. The lowest BCUT2D eigenvalue weighted by molar-refractivity contribution is -0.114. The number of carbonyl (C=O) groups excluding carboxylic acids is 2. The number of benzene rings is 2. The minimum absolute atomic E-state index is 0.143. The number of carbonyl (C=O) groups is 2. The van der Waals surface area contributed by atoms with E-state index in [0.717, 1.165) is 48.2 Å². The Balaban J connectivity index is 1.46. The summed E-state index contributed by atoms with van der Waals surface area (Å²) in [6.45, 7) is 4.60. The van der Waals surface area contributed by atoms with Gasteiger partial charge in [-0.2, -0.15) is 0 Å². The number of nitrogens with zero attached hydrogens (tertiary/aromatic N) is 1. The fraction of sp³-hybridized carbons (Fsp3) is 0.385. The van der Waals surface area contributed by atoms with Gasteiger partial charge in [-0.1, -0.05) is 18.7 Å². The molecule has 0 saturated heterocycles. The predicted molar refractivity (Wildman–Crippen MR) is 124 cm³/mol. The minimum atomic E-state index is -0.153. The van der Waals surface area contributed by atoms with Crippen LogP contribution in [0.2, 0.25) is 0 Å². The third-order valence-corrected chi connectivity index (χ3v) is 6.21. The quantitative estimate of drug-likeness (QED) is 0.656. The Bertz CT molecular complexity index is 1010. The van der Waals surface area contributed by atoms with Gasteiger partial charge in [0.15, 0.2) is 11.5 Å². The molecular weight excluding hydrogens is 404 g/mol. The summed E-state index contributed by atoms with van der Waals surface area (Å²) in [6, 6.07) is 11.3. The van der Waals surface area contributed by atoms with Crippen LogP contribution in [0.3, 0.4) is 0 Å². The fourth-order valence-electron chi connectivity index (χ4n) is 4.56. The van der Waals surface area contributed by atoms with E-state index in [0.29, 0.717) is 24.4 Å². The third-order valence-electron chi connectivity index (χ3n) is 6.21. The first kappa shape index (κ1) is 21.9. The maximum Gasteiger partial charge on any atom is 0.251 e. The molecule has 0 bridgehead atoms. The molecule has 1 aliphatic carbocycles. The van der Waals surface area contributed by atoms with Crippen LogP contribution in [0.1, 0.15) is 53.6 Å². The molecule has 2 aromatic rings. The van der Waals surface area contributed by atoms with Crippen molar-refractivity contribution in [1.82, 2.24) is 5.32 Å². The van der Waals surface area contributed by atoms with Gasteiger partial charge in [-0.15, -0.1) is 0 Å². The first-order chi connectivity index (χ1) is 15.6. The number of ether oxygens (including phenoxy) is 2. The summed E-state index contributed by atoms with van der Waals surface area (Å²) in [6.07, 6.45) is 7.73. The molecule has 1 N–H and O–H groups in total. The molecular formula is C26H30N2O4. The molecule has 2 aliphatic rings. The van der Waals surface area contributed by atoms with Crippen LogP contribution in [0.5, 0.6) is 11.5 Å². The molecule has 2 aromatic carbocycles. The molecule has 6 heteroatoms. The zero-order valence-electron chi connectivity index (χ0n) is 18.6. The average molecular weight is 435 g/mol. The van der Waals surface area contributed by atoms with Crippen LogP contribution in [0.4, 0.5) is 5.69 Å².